The van der Waals surface area contributed by atoms with E-state index < -0.39 is 0 Å². The van der Waals surface area contributed by atoms with Gasteiger partial charge in [-0.1, -0.05) is 12.5 Å². The first-order valence-corrected chi connectivity index (χ1v) is 6.45. The van der Waals surface area contributed by atoms with Gasteiger partial charge in [0.1, 0.15) is 11.3 Å². The van der Waals surface area contributed by atoms with Crippen LogP contribution in [-0.4, -0.2) is 16.1 Å². The Bertz CT molecular complexity index is 578. The molecule has 1 fully saturated rings. The van der Waals surface area contributed by atoms with Crippen molar-refractivity contribution in [3.8, 4) is 0 Å². The highest BCUT2D eigenvalue weighted by atomic mass is 19.1. The van der Waals surface area contributed by atoms with Crippen molar-refractivity contribution in [3.63, 3.8) is 0 Å². The van der Waals surface area contributed by atoms with E-state index in [1.54, 1.807) is 6.07 Å². The molecule has 0 aliphatic heterocycles. The molecule has 0 bridgehead atoms. The van der Waals surface area contributed by atoms with E-state index in [0.29, 0.717) is 12.1 Å². The van der Waals surface area contributed by atoms with E-state index in [1.807, 2.05) is 17.7 Å². The molecule has 1 aliphatic carbocycles. The molecule has 1 aromatic heterocycles. The van der Waals surface area contributed by atoms with Crippen LogP contribution in [0.3, 0.4) is 0 Å². The second kappa shape index (κ2) is 4.05. The number of aryl methyl sites for hydroxylation is 1. The molecular weight excluding hydrogens is 229 g/mol. The van der Waals surface area contributed by atoms with Crippen LogP contribution in [0.4, 0.5) is 4.39 Å². The zero-order valence-corrected chi connectivity index (χ0v) is 10.6. The van der Waals surface area contributed by atoms with Crippen LogP contribution in [-0.2, 0) is 13.5 Å². The molecule has 0 spiro atoms. The van der Waals surface area contributed by atoms with E-state index in [4.69, 9.17) is 5.73 Å². The maximum absolute atomic E-state index is 13.7. The minimum Gasteiger partial charge on any atom is -0.331 e. The Morgan fingerprint density at radius 3 is 2.78 bits per heavy atom. The molecule has 0 atom stereocenters. The summed E-state index contributed by atoms with van der Waals surface area (Å²) in [5.74, 6) is 0.699. The highest BCUT2D eigenvalue weighted by Gasteiger charge is 2.37. The van der Waals surface area contributed by atoms with E-state index >= 15 is 0 Å². The Labute approximate surface area is 106 Å². The topological polar surface area (TPSA) is 43.8 Å². The quantitative estimate of drug-likeness (QED) is 0.905. The van der Waals surface area contributed by atoms with Crippen LogP contribution >= 0.6 is 0 Å². The number of hydrogen-bond acceptors (Lipinski definition) is 2. The second-order valence-electron chi connectivity index (χ2n) is 5.43. The zero-order chi connectivity index (χ0) is 12.8. The molecule has 2 N–H and O–H groups in total. The molecule has 0 amide bonds. The molecule has 0 saturated heterocycles. The lowest BCUT2D eigenvalue weighted by molar-refractivity contribution is 0.140. The van der Waals surface area contributed by atoms with Gasteiger partial charge in [-0.2, -0.15) is 0 Å². The van der Waals surface area contributed by atoms with Crippen molar-refractivity contribution in [2.75, 3.05) is 6.54 Å². The molecule has 1 saturated carbocycles. The van der Waals surface area contributed by atoms with Gasteiger partial charge in [0.2, 0.25) is 0 Å². The number of benzene rings is 1. The number of rotatable bonds is 3. The van der Waals surface area contributed by atoms with Crippen LogP contribution in [0.2, 0.25) is 0 Å². The third-order valence-electron chi connectivity index (χ3n) is 4.34. The summed E-state index contributed by atoms with van der Waals surface area (Å²) in [5.41, 5.74) is 7.41. The lowest BCUT2D eigenvalue weighted by Gasteiger charge is -2.40. The molecule has 0 unspecified atom stereocenters. The van der Waals surface area contributed by atoms with Crippen LogP contribution in [0.5, 0.6) is 0 Å². The summed E-state index contributed by atoms with van der Waals surface area (Å²) in [6, 6.07) is 5.09. The fourth-order valence-electron chi connectivity index (χ4n) is 2.85. The van der Waals surface area contributed by atoms with Crippen LogP contribution in [0, 0.1) is 11.2 Å². The average Bonchev–Trinajstić information content (AvgIpc) is 2.63. The van der Waals surface area contributed by atoms with Crippen LogP contribution < -0.4 is 5.73 Å². The number of hydrogen-bond donors (Lipinski definition) is 1. The highest BCUT2D eigenvalue weighted by Crippen LogP contribution is 2.42. The van der Waals surface area contributed by atoms with E-state index in [9.17, 15) is 4.39 Å². The Kier molecular flexibility index (Phi) is 2.63. The normalized spacial score (nSPS) is 17.9. The summed E-state index contributed by atoms with van der Waals surface area (Å²) in [4.78, 5) is 4.46. The SMILES string of the molecule is Cn1c(CC2(CN)CCC2)nc2c(F)cccc21. The minimum absolute atomic E-state index is 0.200. The predicted octanol–water partition coefficient (Wildman–Crippen LogP) is 2.38. The first-order valence-electron chi connectivity index (χ1n) is 6.45. The highest BCUT2D eigenvalue weighted by molar-refractivity contribution is 5.76. The first-order chi connectivity index (χ1) is 8.65. The van der Waals surface area contributed by atoms with Gasteiger partial charge in [-0.3, -0.25) is 0 Å². The van der Waals surface area contributed by atoms with Gasteiger partial charge in [0.25, 0.3) is 0 Å². The van der Waals surface area contributed by atoms with Gasteiger partial charge in [0, 0.05) is 13.5 Å². The number of nitrogens with zero attached hydrogens (tertiary/aromatic N) is 2. The summed E-state index contributed by atoms with van der Waals surface area (Å²) in [7, 11) is 1.95. The average molecular weight is 247 g/mol. The van der Waals surface area contributed by atoms with Gasteiger partial charge in [0.05, 0.1) is 5.52 Å². The smallest absolute Gasteiger partial charge is 0.151 e. The lowest BCUT2D eigenvalue weighted by Crippen LogP contribution is -2.39. The first kappa shape index (κ1) is 11.7. The van der Waals surface area contributed by atoms with E-state index in [2.05, 4.69) is 4.98 Å². The fraction of sp³-hybridized carbons (Fsp3) is 0.500. The molecule has 1 aromatic carbocycles. The van der Waals surface area contributed by atoms with Crippen molar-refractivity contribution in [3.05, 3.63) is 29.8 Å². The Balaban J connectivity index is 2.02. The molecule has 2 aromatic rings. The summed E-state index contributed by atoms with van der Waals surface area (Å²) in [5, 5.41) is 0. The van der Waals surface area contributed by atoms with Crippen molar-refractivity contribution in [2.24, 2.45) is 18.2 Å². The van der Waals surface area contributed by atoms with Crippen molar-refractivity contribution in [2.45, 2.75) is 25.7 Å². The fourth-order valence-corrected chi connectivity index (χ4v) is 2.85. The number of halogens is 1. The summed E-state index contributed by atoms with van der Waals surface area (Å²) < 4.78 is 15.7. The van der Waals surface area contributed by atoms with Crippen molar-refractivity contribution in [1.29, 1.82) is 0 Å². The minimum atomic E-state index is -0.246. The standard InChI is InChI=1S/C14H18FN3/c1-18-11-5-2-4-10(15)13(11)17-12(18)8-14(9-16)6-3-7-14/h2,4-5H,3,6-9,16H2,1H3. The largest absolute Gasteiger partial charge is 0.331 e. The molecule has 1 heterocycles. The molecular formula is C14H18FN3. The monoisotopic (exact) mass is 247 g/mol. The molecule has 18 heavy (non-hydrogen) atoms. The molecule has 4 heteroatoms. The summed E-state index contributed by atoms with van der Waals surface area (Å²) >= 11 is 0. The third-order valence-corrected chi connectivity index (χ3v) is 4.34. The number of nitrogens with two attached hydrogens (primary N) is 1. The molecule has 3 nitrogen and oxygen atoms in total. The van der Waals surface area contributed by atoms with Gasteiger partial charge in [-0.25, -0.2) is 9.37 Å². The molecule has 96 valence electrons. The van der Waals surface area contributed by atoms with Crippen molar-refractivity contribution < 1.29 is 4.39 Å². The second-order valence-corrected chi connectivity index (χ2v) is 5.43. The zero-order valence-electron chi connectivity index (χ0n) is 10.6. The number of fused-ring (bicyclic) bond motifs is 1. The van der Waals surface area contributed by atoms with Crippen LogP contribution in [0.25, 0.3) is 11.0 Å². The maximum Gasteiger partial charge on any atom is 0.151 e. The maximum atomic E-state index is 13.7. The summed E-state index contributed by atoms with van der Waals surface area (Å²) in [6.07, 6.45) is 4.42. The van der Waals surface area contributed by atoms with Gasteiger partial charge in [0.15, 0.2) is 5.82 Å². The lowest BCUT2D eigenvalue weighted by atomic mass is 9.66. The van der Waals surface area contributed by atoms with Gasteiger partial charge < -0.3 is 10.3 Å². The Hall–Kier alpha value is -1.42. The molecule has 0 radical (unpaired) electrons. The van der Waals surface area contributed by atoms with Crippen LogP contribution in [0.1, 0.15) is 25.1 Å². The van der Waals surface area contributed by atoms with Crippen molar-refractivity contribution >= 4 is 11.0 Å². The Morgan fingerprint density at radius 1 is 1.44 bits per heavy atom. The van der Waals surface area contributed by atoms with Gasteiger partial charge in [-0.15, -0.1) is 0 Å². The Morgan fingerprint density at radius 2 is 2.22 bits per heavy atom. The van der Waals surface area contributed by atoms with E-state index in [0.717, 1.165) is 30.6 Å². The molecule has 3 rings (SSSR count). The number of aromatic nitrogens is 2. The van der Waals surface area contributed by atoms with E-state index in [1.165, 1.54) is 12.5 Å². The van der Waals surface area contributed by atoms with Gasteiger partial charge >= 0.3 is 0 Å². The number of para-hydroxylation sites is 1. The predicted molar refractivity (Wildman–Crippen MR) is 69.7 cm³/mol. The number of imidazole rings is 1. The van der Waals surface area contributed by atoms with Crippen LogP contribution in [0.15, 0.2) is 18.2 Å². The summed E-state index contributed by atoms with van der Waals surface area (Å²) in [6.45, 7) is 0.693. The molecule has 1 aliphatic rings. The third kappa shape index (κ3) is 1.63. The van der Waals surface area contributed by atoms with Crippen molar-refractivity contribution in [1.82, 2.24) is 9.55 Å². The van der Waals surface area contributed by atoms with Gasteiger partial charge in [-0.05, 0) is 36.9 Å². The van der Waals surface area contributed by atoms with E-state index in [-0.39, 0.29) is 11.2 Å².